The highest BCUT2D eigenvalue weighted by Gasteiger charge is 2.44. The molecule has 150 valence electrons. The first-order valence-corrected chi connectivity index (χ1v) is 8.89. The fraction of sp³-hybridized carbons (Fsp3) is 0.190. The van der Waals surface area contributed by atoms with Gasteiger partial charge in [0.25, 0.3) is 5.91 Å². The Morgan fingerprint density at radius 2 is 1.90 bits per heavy atom. The van der Waals surface area contributed by atoms with Crippen molar-refractivity contribution in [2.75, 3.05) is 23.9 Å². The van der Waals surface area contributed by atoms with Crippen molar-refractivity contribution in [1.82, 2.24) is 4.90 Å². The quantitative estimate of drug-likeness (QED) is 0.600. The maximum Gasteiger partial charge on any atom is 0.322 e. The lowest BCUT2D eigenvalue weighted by Gasteiger charge is -2.26. The molecular weight excluding hydrogens is 377 g/mol. The summed E-state index contributed by atoms with van der Waals surface area (Å²) in [6.07, 6.45) is 1.33. The molecule has 2 aromatic carbocycles. The van der Waals surface area contributed by atoms with Crippen molar-refractivity contribution >= 4 is 29.2 Å². The van der Waals surface area contributed by atoms with Gasteiger partial charge in [-0.3, -0.25) is 9.59 Å². The second-order valence-corrected chi connectivity index (χ2v) is 6.36. The molecule has 1 aliphatic rings. The number of methoxy groups -OCH3 is 1. The van der Waals surface area contributed by atoms with Crippen LogP contribution in [-0.2, 0) is 9.59 Å². The Hall–Kier alpha value is -3.68. The van der Waals surface area contributed by atoms with E-state index in [4.69, 9.17) is 4.74 Å². The summed E-state index contributed by atoms with van der Waals surface area (Å²) < 4.78 is 18.2. The third kappa shape index (κ3) is 4.26. The highest BCUT2D eigenvalue weighted by molar-refractivity contribution is 6.23. The van der Waals surface area contributed by atoms with Gasteiger partial charge in [0.15, 0.2) is 0 Å². The van der Waals surface area contributed by atoms with Crippen LogP contribution in [0, 0.1) is 5.82 Å². The number of amides is 4. The summed E-state index contributed by atoms with van der Waals surface area (Å²) in [6.45, 7) is 3.68. The van der Waals surface area contributed by atoms with Crippen LogP contribution in [0.25, 0.3) is 0 Å². The Bertz CT molecular complexity index is 928. The number of hydrogen-bond acceptors (Lipinski definition) is 4. The number of imide groups is 1. The van der Waals surface area contributed by atoms with Gasteiger partial charge >= 0.3 is 6.03 Å². The lowest BCUT2D eigenvalue weighted by Crippen LogP contribution is -2.47. The number of nitrogens with zero attached hydrogens (tertiary/aromatic N) is 2. The zero-order valence-corrected chi connectivity index (χ0v) is 15.8. The summed E-state index contributed by atoms with van der Waals surface area (Å²) in [4.78, 5) is 40.5. The van der Waals surface area contributed by atoms with E-state index in [0.29, 0.717) is 17.1 Å². The molecule has 1 atom stereocenters. The lowest BCUT2D eigenvalue weighted by atomic mass is 10.2. The summed E-state index contributed by atoms with van der Waals surface area (Å²) >= 11 is 0. The zero-order chi connectivity index (χ0) is 21.0. The van der Waals surface area contributed by atoms with Crippen LogP contribution in [-0.4, -0.2) is 42.4 Å². The van der Waals surface area contributed by atoms with E-state index in [1.165, 1.54) is 42.4 Å². The molecule has 0 radical (unpaired) electrons. The van der Waals surface area contributed by atoms with Crippen molar-refractivity contribution in [3.8, 4) is 5.75 Å². The van der Waals surface area contributed by atoms with Gasteiger partial charge in [-0.1, -0.05) is 6.08 Å². The van der Waals surface area contributed by atoms with Gasteiger partial charge in [0.05, 0.1) is 19.2 Å². The number of anilines is 2. The first kappa shape index (κ1) is 20.1. The summed E-state index contributed by atoms with van der Waals surface area (Å²) in [7, 11) is 1.52. The molecule has 0 unspecified atom stereocenters. The van der Waals surface area contributed by atoms with Crippen molar-refractivity contribution in [3.63, 3.8) is 0 Å². The largest absolute Gasteiger partial charge is 0.497 e. The monoisotopic (exact) mass is 397 g/mol. The molecule has 2 aromatic rings. The van der Waals surface area contributed by atoms with Gasteiger partial charge in [0.1, 0.15) is 17.6 Å². The van der Waals surface area contributed by atoms with Gasteiger partial charge in [-0.05, 0) is 48.5 Å². The van der Waals surface area contributed by atoms with Crippen LogP contribution in [0.15, 0.2) is 61.2 Å². The Labute approximate surface area is 167 Å². The van der Waals surface area contributed by atoms with E-state index in [1.807, 2.05) is 0 Å². The van der Waals surface area contributed by atoms with E-state index >= 15 is 0 Å². The molecular formula is C21H20FN3O4. The third-order valence-corrected chi connectivity index (χ3v) is 4.51. The third-order valence-electron chi connectivity index (χ3n) is 4.51. The second kappa shape index (κ2) is 8.55. The molecule has 1 N–H and O–H groups in total. The van der Waals surface area contributed by atoms with Gasteiger partial charge in [0, 0.05) is 12.2 Å². The minimum Gasteiger partial charge on any atom is -0.497 e. The van der Waals surface area contributed by atoms with E-state index in [2.05, 4.69) is 11.9 Å². The normalized spacial score (nSPS) is 15.9. The van der Waals surface area contributed by atoms with Crippen molar-refractivity contribution in [2.24, 2.45) is 0 Å². The molecule has 7 nitrogen and oxygen atoms in total. The van der Waals surface area contributed by atoms with Crippen LogP contribution < -0.4 is 15.0 Å². The highest BCUT2D eigenvalue weighted by atomic mass is 19.1. The lowest BCUT2D eigenvalue weighted by molar-refractivity contribution is -0.122. The smallest absolute Gasteiger partial charge is 0.322 e. The predicted octanol–water partition coefficient (Wildman–Crippen LogP) is 3.19. The number of hydrogen-bond donors (Lipinski definition) is 1. The summed E-state index contributed by atoms with van der Waals surface area (Å²) in [5.74, 6) is -0.751. The van der Waals surface area contributed by atoms with Crippen molar-refractivity contribution in [3.05, 3.63) is 67.0 Å². The van der Waals surface area contributed by atoms with Crippen LogP contribution in [0.5, 0.6) is 5.75 Å². The molecule has 1 saturated heterocycles. The summed E-state index contributed by atoms with van der Waals surface area (Å²) in [5.41, 5.74) is 0.773. The number of carbonyl (C=O) groups is 3. The Morgan fingerprint density at radius 3 is 2.48 bits per heavy atom. The van der Waals surface area contributed by atoms with Gasteiger partial charge < -0.3 is 15.0 Å². The minimum absolute atomic E-state index is 0.0627. The minimum atomic E-state index is -0.969. The molecule has 8 heteroatoms. The van der Waals surface area contributed by atoms with Crippen LogP contribution in [0.2, 0.25) is 0 Å². The first-order valence-electron chi connectivity index (χ1n) is 8.89. The molecule has 4 amide bonds. The fourth-order valence-electron chi connectivity index (χ4n) is 3.08. The van der Waals surface area contributed by atoms with Crippen molar-refractivity contribution in [1.29, 1.82) is 0 Å². The number of halogens is 1. The van der Waals surface area contributed by atoms with Crippen LogP contribution in [0.3, 0.4) is 0 Å². The Balaban J connectivity index is 1.80. The van der Waals surface area contributed by atoms with Crippen molar-refractivity contribution in [2.45, 2.75) is 12.5 Å². The van der Waals surface area contributed by atoms with E-state index in [9.17, 15) is 18.8 Å². The Kier molecular flexibility index (Phi) is 5.92. The molecule has 1 aliphatic heterocycles. The maximum atomic E-state index is 13.1. The fourth-order valence-corrected chi connectivity index (χ4v) is 3.08. The Morgan fingerprint density at radius 1 is 1.24 bits per heavy atom. The first-order chi connectivity index (χ1) is 13.9. The number of rotatable bonds is 6. The number of carbonyl (C=O) groups excluding carboxylic acids is 3. The molecule has 3 rings (SSSR count). The second-order valence-electron chi connectivity index (χ2n) is 6.36. The average molecular weight is 397 g/mol. The molecule has 1 fully saturated rings. The van der Waals surface area contributed by atoms with Gasteiger partial charge in [0.2, 0.25) is 5.91 Å². The molecule has 0 spiro atoms. The van der Waals surface area contributed by atoms with E-state index in [1.54, 1.807) is 24.3 Å². The van der Waals surface area contributed by atoms with Gasteiger partial charge in [-0.2, -0.15) is 0 Å². The maximum absolute atomic E-state index is 13.1. The summed E-state index contributed by atoms with van der Waals surface area (Å²) in [5, 5.41) is 2.61. The molecule has 1 heterocycles. The van der Waals surface area contributed by atoms with Gasteiger partial charge in [-0.15, -0.1) is 6.58 Å². The van der Waals surface area contributed by atoms with Crippen LogP contribution in [0.1, 0.15) is 6.42 Å². The van der Waals surface area contributed by atoms with Crippen LogP contribution in [0.4, 0.5) is 20.6 Å². The zero-order valence-electron chi connectivity index (χ0n) is 15.8. The van der Waals surface area contributed by atoms with Crippen LogP contribution >= 0.6 is 0 Å². The molecule has 29 heavy (non-hydrogen) atoms. The number of urea groups is 1. The van der Waals surface area contributed by atoms with E-state index < -0.39 is 29.7 Å². The topological polar surface area (TPSA) is 79.0 Å². The highest BCUT2D eigenvalue weighted by Crippen LogP contribution is 2.27. The predicted molar refractivity (Wildman–Crippen MR) is 106 cm³/mol. The van der Waals surface area contributed by atoms with E-state index in [0.717, 1.165) is 4.90 Å². The molecule has 0 aliphatic carbocycles. The van der Waals surface area contributed by atoms with Gasteiger partial charge in [-0.25, -0.2) is 14.1 Å². The standard InChI is InChI=1S/C21H20FN3O4/c1-3-12-24(21(28)23-15-6-4-14(22)5-7-15)18-13-19(26)25(20(18)27)16-8-10-17(29-2)11-9-16/h3-11,18H,1,12-13H2,2H3,(H,23,28)/t18-/m1/s1. The number of nitrogens with one attached hydrogen (secondary N) is 1. The van der Waals surface area contributed by atoms with Crippen molar-refractivity contribution < 1.29 is 23.5 Å². The average Bonchev–Trinajstić information content (AvgIpc) is 3.01. The number of ether oxygens (including phenoxy) is 1. The molecule has 0 bridgehead atoms. The molecule has 0 saturated carbocycles. The summed E-state index contributed by atoms with van der Waals surface area (Å²) in [6, 6.07) is 10.2. The SMILES string of the molecule is C=CCN(C(=O)Nc1ccc(F)cc1)[C@@H]1CC(=O)N(c2ccc(OC)cc2)C1=O. The molecule has 0 aromatic heterocycles. The number of benzene rings is 2. The van der Waals surface area contributed by atoms with E-state index in [-0.39, 0.29) is 13.0 Å².